The van der Waals surface area contributed by atoms with Crippen LogP contribution in [0, 0.1) is 0 Å². The van der Waals surface area contributed by atoms with Crippen molar-refractivity contribution >= 4 is 13.7 Å². The molecule has 3 rings (SSSR count). The summed E-state index contributed by atoms with van der Waals surface area (Å²) >= 11 is 0. The molecule has 0 heterocycles. The van der Waals surface area contributed by atoms with Gasteiger partial charge < -0.3 is 19.5 Å². The van der Waals surface area contributed by atoms with Crippen molar-refractivity contribution in [3.05, 3.63) is 41.0 Å². The molecule has 0 unspecified atom stereocenters. The Bertz CT molecular complexity index is 1230. The normalized spacial score (nSPS) is 15.6. The number of fused-ring (bicyclic) bond motifs is 3. The van der Waals surface area contributed by atoms with E-state index in [-0.39, 0.29) is 18.6 Å². The van der Waals surface area contributed by atoms with Crippen molar-refractivity contribution in [1.29, 1.82) is 0 Å². The highest BCUT2D eigenvalue weighted by molar-refractivity contribution is 7.48. The highest BCUT2D eigenvalue weighted by Crippen LogP contribution is 2.56. The number of carbonyl (C=O) groups excluding carboxylic acids is 1. The van der Waals surface area contributed by atoms with Crippen LogP contribution in [0.2, 0.25) is 0 Å². The summed E-state index contributed by atoms with van der Waals surface area (Å²) in [6.07, 6.45) is 1.33. The minimum atomic E-state index is -3.91. The molecule has 0 saturated carbocycles. The van der Waals surface area contributed by atoms with Crippen molar-refractivity contribution in [2.75, 3.05) is 21.3 Å². The molecule has 216 valence electrons. The molecular formula is C29H42NO8P. The Hall–Kier alpha value is -2.58. The Balaban J connectivity index is 2.10. The third-order valence-corrected chi connectivity index (χ3v) is 7.90. The number of rotatable bonds is 9. The zero-order valence-electron chi connectivity index (χ0n) is 24.7. The molecular weight excluding hydrogens is 521 g/mol. The number of carbonyl (C=O) groups is 1. The van der Waals surface area contributed by atoms with Gasteiger partial charge in [0.05, 0.1) is 45.2 Å². The van der Waals surface area contributed by atoms with Crippen LogP contribution in [-0.4, -0.2) is 38.4 Å². The van der Waals surface area contributed by atoms with Gasteiger partial charge >= 0.3 is 7.82 Å². The largest absolute Gasteiger partial charge is 0.493 e. The van der Waals surface area contributed by atoms with E-state index in [0.717, 1.165) is 27.8 Å². The van der Waals surface area contributed by atoms with Crippen LogP contribution in [0.25, 0.3) is 11.1 Å². The highest BCUT2D eigenvalue weighted by Gasteiger charge is 2.37. The molecule has 1 N–H and O–H groups in total. The third-order valence-electron chi connectivity index (χ3n) is 5.91. The second-order valence-corrected chi connectivity index (χ2v) is 13.0. The van der Waals surface area contributed by atoms with Gasteiger partial charge in [-0.05, 0) is 82.7 Å². The summed E-state index contributed by atoms with van der Waals surface area (Å²) in [7, 11) is 0.848. The van der Waals surface area contributed by atoms with Gasteiger partial charge in [-0.3, -0.25) is 18.4 Å². The van der Waals surface area contributed by atoms with E-state index >= 15 is 0 Å². The number of benzene rings is 2. The van der Waals surface area contributed by atoms with Gasteiger partial charge in [-0.1, -0.05) is 18.2 Å². The van der Waals surface area contributed by atoms with E-state index in [9.17, 15) is 9.36 Å². The molecule has 2 aromatic rings. The number of amides is 1. The summed E-state index contributed by atoms with van der Waals surface area (Å²) in [4.78, 5) is 12.2. The smallest absolute Gasteiger partial charge is 0.476 e. The molecule has 2 aromatic carbocycles. The fourth-order valence-corrected chi connectivity index (χ4v) is 6.46. The van der Waals surface area contributed by atoms with Gasteiger partial charge in [-0.15, -0.1) is 0 Å². The number of ether oxygens (including phenoxy) is 3. The maximum absolute atomic E-state index is 13.6. The highest BCUT2D eigenvalue weighted by atomic mass is 31.2. The van der Waals surface area contributed by atoms with E-state index in [1.165, 1.54) is 6.92 Å². The molecule has 1 aliphatic rings. The average molecular weight is 564 g/mol. The lowest BCUT2D eigenvalue weighted by molar-refractivity contribution is -0.119. The fraction of sp³-hybridized carbons (Fsp3) is 0.552. The van der Waals surface area contributed by atoms with Crippen molar-refractivity contribution in [2.24, 2.45) is 0 Å². The first-order valence-corrected chi connectivity index (χ1v) is 14.4. The van der Waals surface area contributed by atoms with Crippen molar-refractivity contribution in [2.45, 2.75) is 85.2 Å². The summed E-state index contributed by atoms with van der Waals surface area (Å²) in [6, 6.07) is 7.50. The van der Waals surface area contributed by atoms with Crippen molar-refractivity contribution in [3.63, 3.8) is 0 Å². The molecule has 1 aliphatic carbocycles. The number of phosphoric ester groups is 1. The maximum atomic E-state index is 13.6. The number of methoxy groups -OCH3 is 3. The van der Waals surface area contributed by atoms with Gasteiger partial charge in [0.25, 0.3) is 0 Å². The summed E-state index contributed by atoms with van der Waals surface area (Å²) in [5.74, 6) is 1.49. The minimum absolute atomic E-state index is 0.0144. The first-order chi connectivity index (χ1) is 18.1. The molecule has 0 radical (unpaired) electrons. The average Bonchev–Trinajstić information content (AvgIpc) is 2.95. The molecule has 0 aliphatic heterocycles. The number of phosphoric acid groups is 1. The van der Waals surface area contributed by atoms with E-state index in [1.807, 2.05) is 24.3 Å². The first kappa shape index (κ1) is 31.0. The van der Waals surface area contributed by atoms with E-state index in [0.29, 0.717) is 30.1 Å². The van der Waals surface area contributed by atoms with E-state index in [2.05, 4.69) is 5.32 Å². The lowest BCUT2D eigenvalue weighted by Crippen LogP contribution is -2.26. The maximum Gasteiger partial charge on any atom is 0.476 e. The lowest BCUT2D eigenvalue weighted by Gasteiger charge is -2.31. The van der Waals surface area contributed by atoms with Gasteiger partial charge in [0, 0.05) is 12.5 Å². The Morgan fingerprint density at radius 1 is 0.949 bits per heavy atom. The van der Waals surface area contributed by atoms with Gasteiger partial charge in [0.1, 0.15) is 0 Å². The molecule has 1 amide bonds. The van der Waals surface area contributed by atoms with Gasteiger partial charge in [0.15, 0.2) is 11.5 Å². The number of nitrogens with one attached hydrogen (secondary N) is 1. The summed E-state index contributed by atoms with van der Waals surface area (Å²) in [6.45, 7) is 12.3. The van der Waals surface area contributed by atoms with E-state index in [4.69, 9.17) is 27.8 Å². The topological polar surface area (TPSA) is 102 Å². The third kappa shape index (κ3) is 7.76. The molecule has 0 saturated heterocycles. The summed E-state index contributed by atoms with van der Waals surface area (Å²) < 4.78 is 48.0. The number of hydrogen-bond donors (Lipinski definition) is 1. The zero-order valence-corrected chi connectivity index (χ0v) is 25.6. The fourth-order valence-electron chi connectivity index (χ4n) is 4.66. The Kier molecular flexibility index (Phi) is 9.43. The summed E-state index contributed by atoms with van der Waals surface area (Å²) in [5.41, 5.74) is 2.94. The van der Waals surface area contributed by atoms with Gasteiger partial charge in [0.2, 0.25) is 11.7 Å². The van der Waals surface area contributed by atoms with Gasteiger partial charge in [-0.25, -0.2) is 4.57 Å². The van der Waals surface area contributed by atoms with Crippen molar-refractivity contribution in [3.8, 4) is 28.4 Å². The van der Waals surface area contributed by atoms with Crippen LogP contribution in [0.4, 0.5) is 0 Å². The predicted octanol–water partition coefficient (Wildman–Crippen LogP) is 6.76. The molecule has 0 spiro atoms. The Labute approximate surface area is 232 Å². The number of aryl methyl sites for hydroxylation is 1. The van der Waals surface area contributed by atoms with Gasteiger partial charge in [-0.2, -0.15) is 0 Å². The monoisotopic (exact) mass is 563 g/mol. The molecule has 0 bridgehead atoms. The standard InChI is InChI=1S/C29H42NO8P/c1-18(31)30-23-14-12-20-16-24(33-8)26(34-9)27(35-10)25(20)21-13-11-19(15-22(21)23)17-36-39(32,37-28(2,3)4)38-29(5,6)7/h11,13,15-16,23H,12,14,17H2,1-10H3,(H,30,31)/t23-/m0/s1. The van der Waals surface area contributed by atoms with Crippen LogP contribution < -0.4 is 19.5 Å². The molecule has 0 aromatic heterocycles. The van der Waals surface area contributed by atoms with Crippen LogP contribution in [0.3, 0.4) is 0 Å². The van der Waals surface area contributed by atoms with Crippen LogP contribution in [-0.2, 0) is 36.0 Å². The minimum Gasteiger partial charge on any atom is -0.493 e. The number of hydrogen-bond acceptors (Lipinski definition) is 8. The van der Waals surface area contributed by atoms with Crippen LogP contribution in [0.15, 0.2) is 24.3 Å². The molecule has 9 nitrogen and oxygen atoms in total. The quantitative estimate of drug-likeness (QED) is 0.334. The predicted molar refractivity (Wildman–Crippen MR) is 150 cm³/mol. The second kappa shape index (κ2) is 11.9. The molecule has 10 heteroatoms. The molecule has 0 fully saturated rings. The zero-order chi connectivity index (χ0) is 29.2. The SMILES string of the molecule is COc1cc2c(c(OC)c1OC)-c1ccc(COP(=O)(OC(C)(C)C)OC(C)(C)C)cc1[C@@H](NC(C)=O)CC2. The van der Waals surface area contributed by atoms with Crippen LogP contribution in [0.1, 0.15) is 77.6 Å². The van der Waals surface area contributed by atoms with E-state index < -0.39 is 19.0 Å². The lowest BCUT2D eigenvalue weighted by atomic mass is 9.92. The Morgan fingerprint density at radius 2 is 1.56 bits per heavy atom. The van der Waals surface area contributed by atoms with Crippen LogP contribution >= 0.6 is 7.82 Å². The van der Waals surface area contributed by atoms with Crippen molar-refractivity contribution < 1.29 is 37.1 Å². The van der Waals surface area contributed by atoms with E-state index in [1.54, 1.807) is 62.9 Å². The Morgan fingerprint density at radius 3 is 2.08 bits per heavy atom. The second-order valence-electron chi connectivity index (χ2n) is 11.5. The van der Waals surface area contributed by atoms with Crippen LogP contribution in [0.5, 0.6) is 17.2 Å². The van der Waals surface area contributed by atoms with Crippen molar-refractivity contribution in [1.82, 2.24) is 5.32 Å². The summed E-state index contributed by atoms with van der Waals surface area (Å²) in [5, 5.41) is 3.08. The molecule has 1 atom stereocenters. The molecule has 39 heavy (non-hydrogen) atoms. The first-order valence-electron chi connectivity index (χ1n) is 13.0.